The van der Waals surface area contributed by atoms with Gasteiger partial charge in [0.2, 0.25) is 0 Å². The molecule has 1 atom stereocenters. The Morgan fingerprint density at radius 1 is 1.55 bits per heavy atom. The minimum Gasteiger partial charge on any atom is -0.387 e. The van der Waals surface area contributed by atoms with Crippen LogP contribution in [0.2, 0.25) is 0 Å². The van der Waals surface area contributed by atoms with E-state index in [1.807, 2.05) is 0 Å². The molecule has 0 spiro atoms. The Labute approximate surface area is 67.5 Å². The first-order valence-corrected chi connectivity index (χ1v) is 4.21. The second kappa shape index (κ2) is 3.52. The van der Waals surface area contributed by atoms with Gasteiger partial charge in [-0.15, -0.1) is 0 Å². The summed E-state index contributed by atoms with van der Waals surface area (Å²) in [6, 6.07) is 0. The molecule has 1 aliphatic carbocycles. The van der Waals surface area contributed by atoms with Crippen LogP contribution in [-0.2, 0) is 4.84 Å². The van der Waals surface area contributed by atoms with Crippen molar-refractivity contribution in [3.05, 3.63) is 0 Å². The molecule has 0 aromatic rings. The summed E-state index contributed by atoms with van der Waals surface area (Å²) in [5, 5.41) is 9.81. The maximum atomic E-state index is 9.81. The molecule has 0 aliphatic heterocycles. The molecular weight excluding hydrogens is 142 g/mol. The van der Waals surface area contributed by atoms with Gasteiger partial charge in [0, 0.05) is 0 Å². The first-order valence-electron chi connectivity index (χ1n) is 4.21. The summed E-state index contributed by atoms with van der Waals surface area (Å²) in [4.78, 5) is 4.47. The zero-order valence-corrected chi connectivity index (χ0v) is 7.05. The van der Waals surface area contributed by atoms with Crippen molar-refractivity contribution < 1.29 is 9.94 Å². The molecule has 0 aromatic carbocycles. The Balaban J connectivity index is 2.41. The van der Waals surface area contributed by atoms with E-state index >= 15 is 0 Å². The van der Waals surface area contributed by atoms with Gasteiger partial charge < -0.3 is 9.94 Å². The number of hydrogen-bond acceptors (Lipinski definition) is 3. The molecule has 0 aromatic heterocycles. The lowest BCUT2D eigenvalue weighted by molar-refractivity contribution is -0.0715. The summed E-state index contributed by atoms with van der Waals surface area (Å²) >= 11 is 0. The van der Waals surface area contributed by atoms with E-state index in [4.69, 9.17) is 5.90 Å². The highest BCUT2D eigenvalue weighted by Crippen LogP contribution is 2.33. The Kier molecular flexibility index (Phi) is 2.87. The lowest BCUT2D eigenvalue weighted by Gasteiger charge is -2.28. The van der Waals surface area contributed by atoms with Crippen LogP contribution in [0.3, 0.4) is 0 Å². The lowest BCUT2D eigenvalue weighted by atomic mass is 9.89. The van der Waals surface area contributed by atoms with Gasteiger partial charge in [0.05, 0.1) is 12.2 Å². The van der Waals surface area contributed by atoms with Gasteiger partial charge in [-0.25, -0.2) is 5.90 Å². The summed E-state index contributed by atoms with van der Waals surface area (Å²) in [6.45, 7) is 2.05. The molecule has 3 heteroatoms. The van der Waals surface area contributed by atoms with Crippen LogP contribution in [0.5, 0.6) is 0 Å². The van der Waals surface area contributed by atoms with E-state index in [0.717, 1.165) is 12.8 Å². The summed E-state index contributed by atoms with van der Waals surface area (Å²) in [5.74, 6) is 5.30. The summed E-state index contributed by atoms with van der Waals surface area (Å²) in [6.07, 6.45) is 4.67. The van der Waals surface area contributed by atoms with Crippen LogP contribution >= 0.6 is 0 Å². The summed E-state index contributed by atoms with van der Waals surface area (Å²) < 4.78 is 0. The van der Waals surface area contributed by atoms with E-state index < -0.39 is 5.60 Å². The van der Waals surface area contributed by atoms with Crippen molar-refractivity contribution in [2.75, 3.05) is 6.61 Å². The van der Waals surface area contributed by atoms with Crippen molar-refractivity contribution >= 4 is 0 Å². The molecule has 1 saturated carbocycles. The monoisotopic (exact) mass is 159 g/mol. The molecule has 0 amide bonds. The van der Waals surface area contributed by atoms with Gasteiger partial charge in [-0.2, -0.15) is 0 Å². The molecule has 1 aliphatic rings. The molecule has 0 radical (unpaired) electrons. The molecule has 11 heavy (non-hydrogen) atoms. The zero-order chi connectivity index (χ0) is 8.32. The smallest absolute Gasteiger partial charge is 0.0966 e. The standard InChI is InChI=1S/C8H17NO2/c1-8(10,6-11-9)7-4-2-3-5-7/h7,10H,2-6,9H2,1H3. The number of hydrogen-bond donors (Lipinski definition) is 2. The highest BCUT2D eigenvalue weighted by molar-refractivity contribution is 4.84. The third-order valence-electron chi connectivity index (χ3n) is 2.61. The average molecular weight is 159 g/mol. The van der Waals surface area contributed by atoms with Gasteiger partial charge in [-0.3, -0.25) is 0 Å². The highest BCUT2D eigenvalue weighted by atomic mass is 16.6. The quantitative estimate of drug-likeness (QED) is 0.599. The highest BCUT2D eigenvalue weighted by Gasteiger charge is 2.33. The van der Waals surface area contributed by atoms with Gasteiger partial charge in [0.15, 0.2) is 0 Å². The Hall–Kier alpha value is -0.120. The summed E-state index contributed by atoms with van der Waals surface area (Å²) in [7, 11) is 0. The van der Waals surface area contributed by atoms with Crippen molar-refractivity contribution in [2.45, 2.75) is 38.2 Å². The van der Waals surface area contributed by atoms with Crippen LogP contribution in [0.25, 0.3) is 0 Å². The normalized spacial score (nSPS) is 25.4. The maximum absolute atomic E-state index is 9.81. The second-order valence-corrected chi connectivity index (χ2v) is 3.65. The first kappa shape index (κ1) is 8.97. The predicted molar refractivity (Wildman–Crippen MR) is 42.7 cm³/mol. The molecule has 3 N–H and O–H groups in total. The summed E-state index contributed by atoms with van der Waals surface area (Å²) in [5.41, 5.74) is -0.717. The lowest BCUT2D eigenvalue weighted by Crippen LogP contribution is -2.39. The maximum Gasteiger partial charge on any atom is 0.0966 e. The Bertz CT molecular complexity index is 119. The van der Waals surface area contributed by atoms with Crippen LogP contribution in [0.1, 0.15) is 32.6 Å². The van der Waals surface area contributed by atoms with E-state index in [1.165, 1.54) is 12.8 Å². The fourth-order valence-electron chi connectivity index (χ4n) is 1.83. The topological polar surface area (TPSA) is 55.5 Å². The molecule has 3 nitrogen and oxygen atoms in total. The fraction of sp³-hybridized carbons (Fsp3) is 1.00. The van der Waals surface area contributed by atoms with Gasteiger partial charge in [-0.1, -0.05) is 12.8 Å². The van der Waals surface area contributed by atoms with Crippen LogP contribution in [0.4, 0.5) is 0 Å². The number of nitrogens with two attached hydrogens (primary N) is 1. The number of aliphatic hydroxyl groups is 1. The molecular formula is C8H17NO2. The van der Waals surface area contributed by atoms with E-state index in [1.54, 1.807) is 6.92 Å². The molecule has 0 saturated heterocycles. The molecule has 0 heterocycles. The predicted octanol–water partition coefficient (Wildman–Crippen LogP) is 0.818. The molecule has 1 unspecified atom stereocenters. The molecule has 0 bridgehead atoms. The number of rotatable bonds is 3. The van der Waals surface area contributed by atoms with Crippen molar-refractivity contribution in [3.8, 4) is 0 Å². The van der Waals surface area contributed by atoms with E-state index in [-0.39, 0.29) is 6.61 Å². The molecule has 1 fully saturated rings. The SMILES string of the molecule is CC(O)(CON)C1CCCC1. The van der Waals surface area contributed by atoms with Crippen molar-refractivity contribution in [1.29, 1.82) is 0 Å². The molecule has 1 rings (SSSR count). The zero-order valence-electron chi connectivity index (χ0n) is 7.05. The third-order valence-corrected chi connectivity index (χ3v) is 2.61. The third kappa shape index (κ3) is 2.15. The van der Waals surface area contributed by atoms with Crippen LogP contribution in [0.15, 0.2) is 0 Å². The van der Waals surface area contributed by atoms with Crippen molar-refractivity contribution in [3.63, 3.8) is 0 Å². The van der Waals surface area contributed by atoms with E-state index in [0.29, 0.717) is 5.92 Å². The minimum atomic E-state index is -0.717. The Morgan fingerprint density at radius 3 is 2.55 bits per heavy atom. The van der Waals surface area contributed by atoms with Crippen molar-refractivity contribution in [1.82, 2.24) is 0 Å². The van der Waals surface area contributed by atoms with Crippen LogP contribution in [-0.4, -0.2) is 17.3 Å². The minimum absolute atomic E-state index is 0.248. The van der Waals surface area contributed by atoms with Gasteiger partial charge in [-0.05, 0) is 25.7 Å². The van der Waals surface area contributed by atoms with Gasteiger partial charge >= 0.3 is 0 Å². The van der Waals surface area contributed by atoms with E-state index in [2.05, 4.69) is 4.84 Å². The van der Waals surface area contributed by atoms with Crippen molar-refractivity contribution in [2.24, 2.45) is 11.8 Å². The molecule has 66 valence electrons. The van der Waals surface area contributed by atoms with Gasteiger partial charge in [0.25, 0.3) is 0 Å². The second-order valence-electron chi connectivity index (χ2n) is 3.65. The van der Waals surface area contributed by atoms with E-state index in [9.17, 15) is 5.11 Å². The largest absolute Gasteiger partial charge is 0.387 e. The fourth-order valence-corrected chi connectivity index (χ4v) is 1.83. The van der Waals surface area contributed by atoms with Crippen LogP contribution in [0, 0.1) is 5.92 Å². The van der Waals surface area contributed by atoms with Gasteiger partial charge in [0.1, 0.15) is 0 Å². The average Bonchev–Trinajstić information content (AvgIpc) is 2.37. The van der Waals surface area contributed by atoms with Crippen LogP contribution < -0.4 is 5.90 Å². The Morgan fingerprint density at radius 2 is 2.09 bits per heavy atom. The first-order chi connectivity index (χ1) is 5.17.